The normalized spacial score (nSPS) is 24.2. The van der Waals surface area contributed by atoms with Crippen molar-refractivity contribution in [2.24, 2.45) is 11.7 Å². The van der Waals surface area contributed by atoms with Gasteiger partial charge in [-0.2, -0.15) is 0 Å². The number of hydrogen-bond acceptors (Lipinski definition) is 3. The van der Waals surface area contributed by atoms with Crippen LogP contribution in [0.4, 0.5) is 0 Å². The number of nitrogens with zero attached hydrogens (tertiary/aromatic N) is 1. The highest BCUT2D eigenvalue weighted by Crippen LogP contribution is 2.37. The summed E-state index contributed by atoms with van der Waals surface area (Å²) < 4.78 is 2.09. The van der Waals surface area contributed by atoms with Gasteiger partial charge in [-0.15, -0.1) is 0 Å². The van der Waals surface area contributed by atoms with Crippen LogP contribution in [-0.2, 0) is 22.6 Å². The van der Waals surface area contributed by atoms with Gasteiger partial charge in [-0.1, -0.05) is 42.5 Å². The average Bonchev–Trinajstić information content (AvgIpc) is 3.07. The van der Waals surface area contributed by atoms with Crippen LogP contribution in [0.15, 0.2) is 54.7 Å². The van der Waals surface area contributed by atoms with Gasteiger partial charge in [0.15, 0.2) is 0 Å². The molecule has 3 aromatic rings. The van der Waals surface area contributed by atoms with Crippen molar-refractivity contribution in [3.63, 3.8) is 0 Å². The van der Waals surface area contributed by atoms with Crippen molar-refractivity contribution in [1.82, 2.24) is 9.88 Å². The van der Waals surface area contributed by atoms with Crippen molar-refractivity contribution >= 4 is 22.5 Å². The van der Waals surface area contributed by atoms with Gasteiger partial charge in [-0.05, 0) is 47.7 Å². The number of aryl methyl sites for hydroxylation is 1. The van der Waals surface area contributed by atoms with Gasteiger partial charge in [0.25, 0.3) is 0 Å². The second-order valence-corrected chi connectivity index (χ2v) is 8.72. The number of ketones is 1. The van der Waals surface area contributed by atoms with Crippen LogP contribution in [0.1, 0.15) is 48.5 Å². The molecule has 4 atom stereocenters. The minimum atomic E-state index is -0.385. The fraction of sp³-hybridized carbons (Fsp3) is 0.360. The minimum absolute atomic E-state index is 0.0709. The molecule has 5 heteroatoms. The lowest BCUT2D eigenvalue weighted by atomic mass is 9.80. The summed E-state index contributed by atoms with van der Waals surface area (Å²) in [6, 6.07) is 16.1. The van der Waals surface area contributed by atoms with Gasteiger partial charge in [0.05, 0.1) is 17.9 Å². The Labute approximate surface area is 176 Å². The van der Waals surface area contributed by atoms with E-state index in [1.807, 2.05) is 31.3 Å². The van der Waals surface area contributed by atoms with Crippen LogP contribution in [0.3, 0.4) is 0 Å². The maximum absolute atomic E-state index is 13.2. The number of benzene rings is 2. The molecule has 1 aliphatic heterocycles. The molecule has 2 aliphatic rings. The molecule has 30 heavy (non-hydrogen) atoms. The lowest BCUT2D eigenvalue weighted by Gasteiger charge is -2.28. The predicted octanol–water partition coefficient (Wildman–Crippen LogP) is 3.46. The summed E-state index contributed by atoms with van der Waals surface area (Å²) in [6.45, 7) is 2.53. The number of rotatable bonds is 3. The lowest BCUT2D eigenvalue weighted by Crippen LogP contribution is -2.38. The van der Waals surface area contributed by atoms with Gasteiger partial charge in [0.2, 0.25) is 5.91 Å². The third-order valence-electron chi connectivity index (χ3n) is 6.79. The van der Waals surface area contributed by atoms with Crippen LogP contribution in [0, 0.1) is 5.92 Å². The van der Waals surface area contributed by atoms with Crippen molar-refractivity contribution in [2.75, 3.05) is 0 Å². The zero-order valence-electron chi connectivity index (χ0n) is 17.2. The predicted molar refractivity (Wildman–Crippen MR) is 117 cm³/mol. The van der Waals surface area contributed by atoms with Crippen molar-refractivity contribution in [3.05, 3.63) is 71.5 Å². The van der Waals surface area contributed by atoms with E-state index in [1.54, 1.807) is 0 Å². The molecule has 0 saturated carbocycles. The van der Waals surface area contributed by atoms with Crippen LogP contribution in [-0.4, -0.2) is 22.3 Å². The second-order valence-electron chi connectivity index (χ2n) is 8.72. The Morgan fingerprint density at radius 2 is 1.97 bits per heavy atom. The summed E-state index contributed by atoms with van der Waals surface area (Å²) in [5.74, 6) is -0.640. The molecule has 154 valence electrons. The Hall–Kier alpha value is -2.92. The average molecular weight is 402 g/mol. The number of nitrogens with one attached hydrogen (secondary N) is 1. The van der Waals surface area contributed by atoms with Gasteiger partial charge in [0, 0.05) is 30.9 Å². The van der Waals surface area contributed by atoms with E-state index in [9.17, 15) is 9.59 Å². The van der Waals surface area contributed by atoms with Gasteiger partial charge < -0.3 is 15.6 Å². The number of carbonyl (C=O) groups is 2. The third kappa shape index (κ3) is 3.14. The Morgan fingerprint density at radius 1 is 1.17 bits per heavy atom. The smallest absolute Gasteiger partial charge is 0.225 e. The Morgan fingerprint density at radius 3 is 2.83 bits per heavy atom. The molecule has 5 nitrogen and oxygen atoms in total. The summed E-state index contributed by atoms with van der Waals surface area (Å²) in [6.07, 6.45) is 3.99. The number of carbonyl (C=O) groups excluding carboxylic acids is 2. The quantitative estimate of drug-likeness (QED) is 0.706. The first-order valence-electron chi connectivity index (χ1n) is 10.8. The molecule has 2 heterocycles. The maximum atomic E-state index is 13.2. The summed E-state index contributed by atoms with van der Waals surface area (Å²) >= 11 is 0. The number of nitrogens with two attached hydrogens (primary N) is 1. The molecule has 0 bridgehead atoms. The van der Waals surface area contributed by atoms with E-state index in [0.717, 1.165) is 34.9 Å². The van der Waals surface area contributed by atoms with Crippen molar-refractivity contribution in [2.45, 2.75) is 50.7 Å². The van der Waals surface area contributed by atoms with E-state index < -0.39 is 0 Å². The van der Waals surface area contributed by atoms with E-state index in [2.05, 4.69) is 40.2 Å². The molecule has 3 N–H and O–H groups in total. The SMILES string of the molecule is CC(NC(=O)C1CC(=O)C2c3c(ccn3C1)CCC2N)c1cccc2ccccc12. The van der Waals surface area contributed by atoms with Crippen molar-refractivity contribution in [1.29, 1.82) is 0 Å². The number of hydrogen-bond donors (Lipinski definition) is 2. The Bertz CT molecular complexity index is 1130. The number of amides is 1. The number of fused-ring (bicyclic) bond motifs is 1. The first-order chi connectivity index (χ1) is 14.5. The fourth-order valence-electron chi connectivity index (χ4n) is 5.25. The third-order valence-corrected chi connectivity index (χ3v) is 6.79. The van der Waals surface area contributed by atoms with Crippen LogP contribution < -0.4 is 11.1 Å². The van der Waals surface area contributed by atoms with Crippen LogP contribution >= 0.6 is 0 Å². The summed E-state index contributed by atoms with van der Waals surface area (Å²) in [4.78, 5) is 26.3. The van der Waals surface area contributed by atoms with Gasteiger partial charge >= 0.3 is 0 Å². The lowest BCUT2D eigenvalue weighted by molar-refractivity contribution is -0.130. The first-order valence-corrected chi connectivity index (χ1v) is 10.8. The fourth-order valence-corrected chi connectivity index (χ4v) is 5.25. The van der Waals surface area contributed by atoms with E-state index in [0.29, 0.717) is 6.54 Å². The van der Waals surface area contributed by atoms with E-state index in [-0.39, 0.29) is 42.0 Å². The van der Waals surface area contributed by atoms with Crippen molar-refractivity contribution in [3.8, 4) is 0 Å². The molecule has 0 spiro atoms. The summed E-state index contributed by atoms with van der Waals surface area (Å²) in [5, 5.41) is 5.46. The Balaban J connectivity index is 1.40. The molecule has 0 saturated heterocycles. The second kappa shape index (κ2) is 7.40. The molecule has 5 rings (SSSR count). The molecule has 0 radical (unpaired) electrons. The largest absolute Gasteiger partial charge is 0.350 e. The monoisotopic (exact) mass is 401 g/mol. The van der Waals surface area contributed by atoms with Gasteiger partial charge in [-0.25, -0.2) is 0 Å². The molecule has 0 fully saturated rings. The van der Waals surface area contributed by atoms with Crippen molar-refractivity contribution < 1.29 is 9.59 Å². The van der Waals surface area contributed by atoms with E-state index in [4.69, 9.17) is 5.73 Å². The molecule has 4 unspecified atom stereocenters. The molecule has 1 aromatic heterocycles. The highest BCUT2D eigenvalue weighted by atomic mass is 16.2. The number of aromatic nitrogens is 1. The molecule has 1 aliphatic carbocycles. The summed E-state index contributed by atoms with van der Waals surface area (Å²) in [7, 11) is 0. The highest BCUT2D eigenvalue weighted by Gasteiger charge is 2.40. The molecular formula is C25H27N3O2. The maximum Gasteiger partial charge on any atom is 0.225 e. The Kier molecular flexibility index (Phi) is 4.70. The van der Waals surface area contributed by atoms with Crippen LogP contribution in [0.25, 0.3) is 10.8 Å². The molecule has 1 amide bonds. The van der Waals surface area contributed by atoms with Gasteiger partial charge in [0.1, 0.15) is 5.78 Å². The highest BCUT2D eigenvalue weighted by molar-refractivity contribution is 5.92. The standard InChI is InChI=1S/C25H27N3O2/c1-15(19-8-4-6-16-5-2-3-7-20(16)19)27-25(30)18-13-22(29)23-21(26)10-9-17-11-12-28(14-18)24(17)23/h2-8,11-12,15,18,21,23H,9-10,13-14,26H2,1H3,(H,27,30). The first kappa shape index (κ1) is 19.1. The van der Waals surface area contributed by atoms with Crippen LogP contribution in [0.2, 0.25) is 0 Å². The zero-order chi connectivity index (χ0) is 20.8. The van der Waals surface area contributed by atoms with E-state index in [1.165, 1.54) is 5.56 Å². The molecule has 2 aromatic carbocycles. The van der Waals surface area contributed by atoms with Crippen LogP contribution in [0.5, 0.6) is 0 Å². The van der Waals surface area contributed by atoms with E-state index >= 15 is 0 Å². The topological polar surface area (TPSA) is 77.1 Å². The molecular weight excluding hydrogens is 374 g/mol. The summed E-state index contributed by atoms with van der Waals surface area (Å²) in [5.41, 5.74) is 9.66. The zero-order valence-corrected chi connectivity index (χ0v) is 17.2. The number of Topliss-reactive ketones (excluding diaryl/α,β-unsaturated/α-hetero) is 1. The van der Waals surface area contributed by atoms with Gasteiger partial charge in [-0.3, -0.25) is 9.59 Å². The minimum Gasteiger partial charge on any atom is -0.350 e.